The van der Waals surface area contributed by atoms with E-state index in [0.29, 0.717) is 27.7 Å². The summed E-state index contributed by atoms with van der Waals surface area (Å²) in [6, 6.07) is 13.2. The van der Waals surface area contributed by atoms with E-state index >= 15 is 0 Å². The number of benzene rings is 2. The average molecular weight is 347 g/mol. The molecule has 0 aliphatic heterocycles. The number of hydrogen-bond acceptors (Lipinski definition) is 4. The number of anilines is 1. The summed E-state index contributed by atoms with van der Waals surface area (Å²) in [4.78, 5) is 30.4. The quantitative estimate of drug-likeness (QED) is 0.390. The van der Waals surface area contributed by atoms with Gasteiger partial charge in [-0.15, -0.1) is 0 Å². The van der Waals surface area contributed by atoms with Crippen LogP contribution in [-0.4, -0.2) is 22.5 Å². The number of carbonyl (C=O) groups is 1. The van der Waals surface area contributed by atoms with E-state index in [1.54, 1.807) is 6.92 Å². The number of rotatable bonds is 3. The maximum Gasteiger partial charge on any atom is 0.340 e. The minimum Gasteiger partial charge on any atom is -0.462 e. The molecule has 0 radical (unpaired) electrons. The number of hydrogen-bond donors (Lipinski definition) is 3. The van der Waals surface area contributed by atoms with Crippen molar-refractivity contribution in [2.45, 2.75) is 6.92 Å². The summed E-state index contributed by atoms with van der Waals surface area (Å²) < 4.78 is 5.13. The highest BCUT2D eigenvalue weighted by molar-refractivity contribution is 6.15. The summed E-state index contributed by atoms with van der Waals surface area (Å²) in [7, 11) is 0. The molecule has 4 N–H and O–H groups in total. The highest BCUT2D eigenvalue weighted by Crippen LogP contribution is 2.30. The first kappa shape index (κ1) is 16.0. The highest BCUT2D eigenvalue weighted by atomic mass is 16.5. The lowest BCUT2D eigenvalue weighted by molar-refractivity contribution is 0.0529. The molecule has 130 valence electrons. The van der Waals surface area contributed by atoms with E-state index in [2.05, 4.69) is 9.97 Å². The van der Waals surface area contributed by atoms with Crippen LogP contribution < -0.4 is 11.3 Å². The monoisotopic (exact) mass is 347 g/mol. The number of carbonyl (C=O) groups excluding carboxylic acids is 1. The number of nitrogens with one attached hydrogen (secondary N) is 2. The topological polar surface area (TPSA) is 101 Å². The first-order valence-electron chi connectivity index (χ1n) is 8.28. The van der Waals surface area contributed by atoms with Gasteiger partial charge in [0.2, 0.25) is 0 Å². The number of aromatic nitrogens is 2. The van der Waals surface area contributed by atoms with E-state index in [9.17, 15) is 9.59 Å². The fourth-order valence-electron chi connectivity index (χ4n) is 3.19. The molecular weight excluding hydrogens is 330 g/mol. The Kier molecular flexibility index (Phi) is 3.73. The van der Waals surface area contributed by atoms with Crippen LogP contribution in [0.3, 0.4) is 0 Å². The van der Waals surface area contributed by atoms with Gasteiger partial charge in [-0.1, -0.05) is 18.2 Å². The molecule has 0 saturated carbocycles. The van der Waals surface area contributed by atoms with Crippen molar-refractivity contribution in [1.82, 2.24) is 9.97 Å². The SMILES string of the molecule is CCOC(=O)c1c[nH]c2c(=O)[nH]c3ccc(-c4cccc(N)c4)cc3c12. The lowest BCUT2D eigenvalue weighted by Gasteiger charge is -2.07. The Morgan fingerprint density at radius 2 is 1.96 bits per heavy atom. The second kappa shape index (κ2) is 6.07. The van der Waals surface area contributed by atoms with Crippen LogP contribution in [-0.2, 0) is 4.74 Å². The molecule has 0 aliphatic carbocycles. The molecule has 2 aromatic carbocycles. The minimum atomic E-state index is -0.458. The van der Waals surface area contributed by atoms with Gasteiger partial charge in [-0.05, 0) is 42.3 Å². The largest absolute Gasteiger partial charge is 0.462 e. The Morgan fingerprint density at radius 1 is 1.15 bits per heavy atom. The van der Waals surface area contributed by atoms with E-state index in [0.717, 1.165) is 16.5 Å². The van der Waals surface area contributed by atoms with E-state index in [1.807, 2.05) is 42.5 Å². The zero-order chi connectivity index (χ0) is 18.3. The lowest BCUT2D eigenvalue weighted by atomic mass is 10.00. The minimum absolute atomic E-state index is 0.265. The maximum atomic E-state index is 12.3. The summed E-state index contributed by atoms with van der Waals surface area (Å²) in [5.41, 5.74) is 9.53. The summed E-state index contributed by atoms with van der Waals surface area (Å²) in [5, 5.41) is 1.33. The molecule has 2 heterocycles. The standard InChI is InChI=1S/C20H17N3O3/c1-2-26-20(25)15-10-22-18-17(15)14-9-12(6-7-16(14)23-19(18)24)11-4-3-5-13(21)8-11/h3-10,22H,2,21H2,1H3,(H,23,24). The average Bonchev–Trinajstić information content (AvgIpc) is 3.08. The molecule has 0 fully saturated rings. The normalized spacial score (nSPS) is 11.1. The molecule has 2 aromatic heterocycles. The van der Waals surface area contributed by atoms with E-state index in [1.165, 1.54) is 6.20 Å². The second-order valence-electron chi connectivity index (χ2n) is 6.01. The summed E-state index contributed by atoms with van der Waals surface area (Å²) in [6.07, 6.45) is 1.52. The molecule has 26 heavy (non-hydrogen) atoms. The third-order valence-corrected chi connectivity index (χ3v) is 4.36. The number of fused-ring (bicyclic) bond motifs is 3. The van der Waals surface area contributed by atoms with Crippen LogP contribution in [0.15, 0.2) is 53.5 Å². The molecule has 0 spiro atoms. The van der Waals surface area contributed by atoms with Gasteiger partial charge in [0.25, 0.3) is 5.56 Å². The second-order valence-corrected chi connectivity index (χ2v) is 6.01. The molecule has 0 unspecified atom stereocenters. The number of nitrogens with two attached hydrogens (primary N) is 1. The lowest BCUT2D eigenvalue weighted by Crippen LogP contribution is -2.08. The Hall–Kier alpha value is -3.54. The van der Waals surface area contributed by atoms with Crippen molar-refractivity contribution >= 4 is 33.5 Å². The van der Waals surface area contributed by atoms with Gasteiger partial charge in [0.05, 0.1) is 12.2 Å². The number of esters is 1. The molecule has 4 aromatic rings. The Labute approximate surface area is 148 Å². The van der Waals surface area contributed by atoms with Gasteiger partial charge in [-0.2, -0.15) is 0 Å². The Morgan fingerprint density at radius 3 is 2.73 bits per heavy atom. The van der Waals surface area contributed by atoms with Crippen LogP contribution in [0.5, 0.6) is 0 Å². The van der Waals surface area contributed by atoms with Crippen molar-refractivity contribution in [3.05, 3.63) is 64.6 Å². The van der Waals surface area contributed by atoms with Gasteiger partial charge in [0.15, 0.2) is 0 Å². The summed E-state index contributed by atoms with van der Waals surface area (Å²) in [6.45, 7) is 2.01. The van der Waals surface area contributed by atoms with Crippen molar-refractivity contribution in [1.29, 1.82) is 0 Å². The third kappa shape index (κ3) is 2.52. The molecule has 0 amide bonds. The van der Waals surface area contributed by atoms with Crippen molar-refractivity contribution in [3.63, 3.8) is 0 Å². The first-order valence-corrected chi connectivity index (χ1v) is 8.28. The maximum absolute atomic E-state index is 12.3. The predicted octanol–water partition coefficient (Wildman–Crippen LogP) is 3.44. The molecule has 6 heteroatoms. The fourth-order valence-corrected chi connectivity index (χ4v) is 3.19. The van der Waals surface area contributed by atoms with Crippen LogP contribution in [0, 0.1) is 0 Å². The molecule has 0 bridgehead atoms. The molecular formula is C20H17N3O3. The van der Waals surface area contributed by atoms with Crippen LogP contribution in [0.25, 0.3) is 32.9 Å². The number of pyridine rings is 1. The molecule has 0 atom stereocenters. The third-order valence-electron chi connectivity index (χ3n) is 4.36. The molecule has 6 nitrogen and oxygen atoms in total. The van der Waals surface area contributed by atoms with E-state index in [-0.39, 0.29) is 12.2 Å². The van der Waals surface area contributed by atoms with Crippen LogP contribution >= 0.6 is 0 Å². The molecule has 0 saturated heterocycles. The first-order chi connectivity index (χ1) is 12.6. The summed E-state index contributed by atoms with van der Waals surface area (Å²) >= 11 is 0. The van der Waals surface area contributed by atoms with Crippen LogP contribution in [0.4, 0.5) is 5.69 Å². The number of ether oxygens (including phenoxy) is 1. The van der Waals surface area contributed by atoms with Crippen molar-refractivity contribution in [3.8, 4) is 11.1 Å². The van der Waals surface area contributed by atoms with Crippen molar-refractivity contribution in [2.75, 3.05) is 12.3 Å². The van der Waals surface area contributed by atoms with Gasteiger partial charge >= 0.3 is 5.97 Å². The van der Waals surface area contributed by atoms with Gasteiger partial charge in [0, 0.05) is 28.2 Å². The van der Waals surface area contributed by atoms with Gasteiger partial charge in [0.1, 0.15) is 5.52 Å². The van der Waals surface area contributed by atoms with Gasteiger partial charge in [-0.3, -0.25) is 4.79 Å². The van der Waals surface area contributed by atoms with Crippen LogP contribution in [0.2, 0.25) is 0 Å². The molecule has 0 aliphatic rings. The highest BCUT2D eigenvalue weighted by Gasteiger charge is 2.18. The predicted molar refractivity (Wildman–Crippen MR) is 102 cm³/mol. The number of nitrogen functional groups attached to an aromatic ring is 1. The molecule has 4 rings (SSSR count). The van der Waals surface area contributed by atoms with E-state index in [4.69, 9.17) is 10.5 Å². The van der Waals surface area contributed by atoms with E-state index < -0.39 is 5.97 Å². The Balaban J connectivity index is 2.03. The summed E-state index contributed by atoms with van der Waals surface area (Å²) in [5.74, 6) is -0.458. The zero-order valence-electron chi connectivity index (χ0n) is 14.1. The van der Waals surface area contributed by atoms with Gasteiger partial charge in [-0.25, -0.2) is 4.79 Å². The Bertz CT molecular complexity index is 1200. The smallest absolute Gasteiger partial charge is 0.340 e. The fraction of sp³-hybridized carbons (Fsp3) is 0.100. The van der Waals surface area contributed by atoms with Crippen LogP contribution in [0.1, 0.15) is 17.3 Å². The number of aromatic amines is 2. The van der Waals surface area contributed by atoms with Crippen molar-refractivity contribution < 1.29 is 9.53 Å². The zero-order valence-corrected chi connectivity index (χ0v) is 14.1. The van der Waals surface area contributed by atoms with Crippen molar-refractivity contribution in [2.24, 2.45) is 0 Å². The van der Waals surface area contributed by atoms with Gasteiger partial charge < -0.3 is 20.4 Å². The number of H-pyrrole nitrogens is 2.